The predicted molar refractivity (Wildman–Crippen MR) is 46.2 cm³/mol. The van der Waals surface area contributed by atoms with Crippen LogP contribution in [0.25, 0.3) is 0 Å². The SMILES string of the molecule is CC(C)C[B]CC(C)C.[H-].[Na+]. The van der Waals surface area contributed by atoms with E-state index in [1.165, 1.54) is 12.6 Å². The Labute approximate surface area is 90.2 Å². The van der Waals surface area contributed by atoms with E-state index in [1.54, 1.807) is 0 Å². The molecule has 0 aromatic carbocycles. The monoisotopic (exact) mass is 149 g/mol. The van der Waals surface area contributed by atoms with Crippen molar-refractivity contribution < 1.29 is 31.0 Å². The van der Waals surface area contributed by atoms with E-state index in [-0.39, 0.29) is 31.0 Å². The van der Waals surface area contributed by atoms with Gasteiger partial charge in [-0.15, -0.1) is 0 Å². The molecule has 1 radical (unpaired) electrons. The molecule has 0 N–H and O–H groups in total. The van der Waals surface area contributed by atoms with Gasteiger partial charge in [0.25, 0.3) is 0 Å². The molecule has 55 valence electrons. The van der Waals surface area contributed by atoms with Gasteiger partial charge in [0.1, 0.15) is 7.28 Å². The first-order chi connectivity index (χ1) is 4.13. The molecule has 2 heteroatoms. The van der Waals surface area contributed by atoms with Crippen molar-refractivity contribution in [3.05, 3.63) is 0 Å². The van der Waals surface area contributed by atoms with Crippen LogP contribution in [0.2, 0.25) is 12.6 Å². The molecule has 0 atom stereocenters. The topological polar surface area (TPSA) is 0 Å². The second-order valence-corrected chi connectivity index (χ2v) is 3.55. The maximum Gasteiger partial charge on any atom is 1.00 e. The van der Waals surface area contributed by atoms with E-state index in [2.05, 4.69) is 35.0 Å². The van der Waals surface area contributed by atoms with Crippen molar-refractivity contribution in [2.75, 3.05) is 0 Å². The van der Waals surface area contributed by atoms with Gasteiger partial charge in [0.2, 0.25) is 0 Å². The third-order valence-electron chi connectivity index (χ3n) is 1.28. The Morgan fingerprint density at radius 1 is 1.00 bits per heavy atom. The zero-order valence-corrected chi connectivity index (χ0v) is 10.1. The molecule has 0 aromatic rings. The molecule has 0 rings (SSSR count). The number of rotatable bonds is 4. The summed E-state index contributed by atoms with van der Waals surface area (Å²) in [6.07, 6.45) is 2.55. The molecule has 0 saturated heterocycles. The molecule has 0 spiro atoms. The minimum absolute atomic E-state index is 0. The predicted octanol–water partition coefficient (Wildman–Crippen LogP) is -0.0443. The molecule has 0 saturated carbocycles. The Kier molecular flexibility index (Phi) is 11.1. The molecule has 0 fully saturated rings. The third-order valence-corrected chi connectivity index (χ3v) is 1.28. The average molecular weight is 149 g/mol. The van der Waals surface area contributed by atoms with Crippen LogP contribution in [-0.2, 0) is 0 Å². The van der Waals surface area contributed by atoms with Gasteiger partial charge in [0.05, 0.1) is 0 Å². The molecule has 0 nitrogen and oxygen atoms in total. The number of hydrogen-bond acceptors (Lipinski definition) is 0. The van der Waals surface area contributed by atoms with Gasteiger partial charge in [0, 0.05) is 0 Å². The fourth-order valence-corrected chi connectivity index (χ4v) is 0.763. The summed E-state index contributed by atoms with van der Waals surface area (Å²) in [7, 11) is 2.40. The molecule has 0 aromatic heterocycles. The van der Waals surface area contributed by atoms with Crippen molar-refractivity contribution in [2.24, 2.45) is 11.8 Å². The van der Waals surface area contributed by atoms with Gasteiger partial charge in [0.15, 0.2) is 0 Å². The largest absolute Gasteiger partial charge is 1.00 e. The Morgan fingerprint density at radius 3 is 1.50 bits per heavy atom. The van der Waals surface area contributed by atoms with Crippen LogP contribution in [-0.4, -0.2) is 7.28 Å². The molecule has 0 aliphatic carbocycles. The molecule has 0 amide bonds. The first-order valence-corrected chi connectivity index (χ1v) is 3.94. The average Bonchev–Trinajstić information content (AvgIpc) is 1.63. The number of hydrogen-bond donors (Lipinski definition) is 0. The van der Waals surface area contributed by atoms with Gasteiger partial charge < -0.3 is 1.43 Å². The summed E-state index contributed by atoms with van der Waals surface area (Å²) in [5.74, 6) is 1.67. The Morgan fingerprint density at radius 2 is 1.30 bits per heavy atom. The van der Waals surface area contributed by atoms with E-state index < -0.39 is 0 Å². The Hall–Kier alpha value is 1.06. The van der Waals surface area contributed by atoms with Crippen molar-refractivity contribution in [1.82, 2.24) is 0 Å². The third kappa shape index (κ3) is 11.8. The molecule has 0 aliphatic rings. The maximum absolute atomic E-state index is 2.40. The van der Waals surface area contributed by atoms with Crippen LogP contribution in [0.3, 0.4) is 0 Å². The zero-order valence-electron chi connectivity index (χ0n) is 9.15. The minimum atomic E-state index is 0. The van der Waals surface area contributed by atoms with Gasteiger partial charge in [-0.25, -0.2) is 0 Å². The van der Waals surface area contributed by atoms with E-state index in [9.17, 15) is 0 Å². The van der Waals surface area contributed by atoms with Crippen molar-refractivity contribution in [3.63, 3.8) is 0 Å². The van der Waals surface area contributed by atoms with E-state index in [4.69, 9.17) is 0 Å². The normalized spacial score (nSPS) is 9.80. The van der Waals surface area contributed by atoms with Crippen LogP contribution in [0, 0.1) is 11.8 Å². The van der Waals surface area contributed by atoms with Gasteiger partial charge >= 0.3 is 29.6 Å². The Bertz CT molecular complexity index is 59.1. The standard InChI is InChI=1S/C8H18B.Na.H/c1-7(2)5-9-6-8(3)4;;/h7-8H,5-6H2,1-4H3;;/q;+1;-1. The second-order valence-electron chi connectivity index (χ2n) is 3.55. The van der Waals surface area contributed by atoms with Crippen molar-refractivity contribution in [2.45, 2.75) is 40.3 Å². The van der Waals surface area contributed by atoms with E-state index in [0.717, 1.165) is 11.8 Å². The quantitative estimate of drug-likeness (QED) is 0.492. The van der Waals surface area contributed by atoms with Crippen molar-refractivity contribution >= 4 is 7.28 Å². The molecule has 0 aliphatic heterocycles. The molecule has 0 heterocycles. The van der Waals surface area contributed by atoms with Gasteiger partial charge in [-0.1, -0.05) is 52.2 Å². The first-order valence-electron chi connectivity index (χ1n) is 3.94. The second kappa shape index (κ2) is 8.16. The summed E-state index contributed by atoms with van der Waals surface area (Å²) in [6.45, 7) is 9.04. The van der Waals surface area contributed by atoms with Gasteiger partial charge in [-0.3, -0.25) is 0 Å². The molecular formula is C8H19BNa. The fourth-order valence-electron chi connectivity index (χ4n) is 0.763. The Balaban J connectivity index is -0.000000320. The summed E-state index contributed by atoms with van der Waals surface area (Å²) in [5, 5.41) is 0. The van der Waals surface area contributed by atoms with Crippen LogP contribution >= 0.6 is 0 Å². The van der Waals surface area contributed by atoms with Crippen LogP contribution in [0.5, 0.6) is 0 Å². The van der Waals surface area contributed by atoms with Crippen LogP contribution in [0.1, 0.15) is 29.1 Å². The maximum atomic E-state index is 2.40. The van der Waals surface area contributed by atoms with Crippen molar-refractivity contribution in [3.8, 4) is 0 Å². The van der Waals surface area contributed by atoms with E-state index in [1.807, 2.05) is 0 Å². The molecule has 0 unspecified atom stereocenters. The van der Waals surface area contributed by atoms with E-state index >= 15 is 0 Å². The molecular weight excluding hydrogens is 130 g/mol. The molecule has 10 heavy (non-hydrogen) atoms. The smallest absolute Gasteiger partial charge is 1.00 e. The van der Waals surface area contributed by atoms with Crippen LogP contribution in [0.4, 0.5) is 0 Å². The molecule has 0 bridgehead atoms. The summed E-state index contributed by atoms with van der Waals surface area (Å²) in [6, 6.07) is 0. The van der Waals surface area contributed by atoms with Gasteiger partial charge in [-0.05, 0) is 0 Å². The summed E-state index contributed by atoms with van der Waals surface area (Å²) in [5.41, 5.74) is 0. The fraction of sp³-hybridized carbons (Fsp3) is 1.00. The first kappa shape index (κ1) is 13.6. The summed E-state index contributed by atoms with van der Waals surface area (Å²) in [4.78, 5) is 0. The summed E-state index contributed by atoms with van der Waals surface area (Å²) >= 11 is 0. The van der Waals surface area contributed by atoms with E-state index in [0.29, 0.717) is 0 Å². The van der Waals surface area contributed by atoms with Crippen LogP contribution < -0.4 is 29.6 Å². The van der Waals surface area contributed by atoms with Crippen molar-refractivity contribution in [1.29, 1.82) is 0 Å². The zero-order chi connectivity index (χ0) is 7.28. The minimum Gasteiger partial charge on any atom is -1.00 e. The summed E-state index contributed by atoms with van der Waals surface area (Å²) < 4.78 is 0. The van der Waals surface area contributed by atoms with Crippen LogP contribution in [0.15, 0.2) is 0 Å². The van der Waals surface area contributed by atoms with Gasteiger partial charge in [-0.2, -0.15) is 0 Å².